The third-order valence-electron chi connectivity index (χ3n) is 4.61. The van der Waals surface area contributed by atoms with Crippen molar-refractivity contribution in [3.63, 3.8) is 0 Å². The molecular weight excluding hydrogens is 276 g/mol. The van der Waals surface area contributed by atoms with Gasteiger partial charge in [0, 0.05) is 13.2 Å². The van der Waals surface area contributed by atoms with Gasteiger partial charge >= 0.3 is 7.12 Å². The Morgan fingerprint density at radius 1 is 1.10 bits per heavy atom. The summed E-state index contributed by atoms with van der Waals surface area (Å²) < 4.78 is 31.1. The van der Waals surface area contributed by atoms with Gasteiger partial charge < -0.3 is 14.0 Å². The van der Waals surface area contributed by atoms with Crippen molar-refractivity contribution < 1.29 is 18.4 Å². The van der Waals surface area contributed by atoms with Gasteiger partial charge in [-0.2, -0.15) is 14.3 Å². The van der Waals surface area contributed by atoms with E-state index < -0.39 is 24.3 Å². The zero-order valence-corrected chi connectivity index (χ0v) is 12.9. The average Bonchev–Trinajstić information content (AvgIpc) is 2.89. The summed E-state index contributed by atoms with van der Waals surface area (Å²) in [6.45, 7) is 9.00. The number of ether oxygens (including phenoxy) is 1. The van der Waals surface area contributed by atoms with Crippen LogP contribution in [0.5, 0.6) is 0 Å². The molecule has 0 N–H and O–H groups in total. The first kappa shape index (κ1) is 14.9. The van der Waals surface area contributed by atoms with Gasteiger partial charge in [-0.05, 0) is 40.5 Å². The maximum absolute atomic E-state index is 14.1. The Balaban J connectivity index is 1.82. The fraction of sp³-hybridized carbons (Fsp3) is 0.846. The second-order valence-corrected chi connectivity index (χ2v) is 6.63. The van der Waals surface area contributed by atoms with Gasteiger partial charge in [-0.15, -0.1) is 5.10 Å². The number of hydrogen-bond donors (Lipinski definition) is 0. The molecule has 6 nitrogen and oxygen atoms in total. The fourth-order valence-electron chi connectivity index (χ4n) is 2.49. The van der Waals surface area contributed by atoms with Crippen molar-refractivity contribution in [2.75, 3.05) is 13.2 Å². The number of hydrogen-bond acceptors (Lipinski definition) is 5. The van der Waals surface area contributed by atoms with E-state index in [1.807, 2.05) is 27.7 Å². The molecule has 0 saturated carbocycles. The highest BCUT2D eigenvalue weighted by Gasteiger charge is 2.54. The zero-order chi connectivity index (χ0) is 15.3. The van der Waals surface area contributed by atoms with Crippen molar-refractivity contribution in [2.24, 2.45) is 0 Å². The molecule has 0 radical (unpaired) electrons. The summed E-state index contributed by atoms with van der Waals surface area (Å²) in [6.07, 6.45) is 1.58. The number of aromatic nitrogens is 3. The monoisotopic (exact) mass is 297 g/mol. The molecule has 2 saturated heterocycles. The Morgan fingerprint density at radius 3 is 2.24 bits per heavy atom. The number of rotatable bonds is 2. The van der Waals surface area contributed by atoms with Gasteiger partial charge in [-0.25, -0.2) is 0 Å². The maximum Gasteiger partial charge on any atom is 0.521 e. The molecule has 0 bridgehead atoms. The van der Waals surface area contributed by atoms with E-state index in [1.165, 1.54) is 4.80 Å². The highest BCUT2D eigenvalue weighted by Crippen LogP contribution is 2.36. The Kier molecular flexibility index (Phi) is 3.58. The lowest BCUT2D eigenvalue weighted by atomic mass is 9.85. The summed E-state index contributed by atoms with van der Waals surface area (Å²) in [5.41, 5.74) is -0.917. The maximum atomic E-state index is 14.1. The van der Waals surface area contributed by atoms with Crippen molar-refractivity contribution in [3.05, 3.63) is 5.95 Å². The molecule has 8 heteroatoms. The quantitative estimate of drug-likeness (QED) is 0.764. The van der Waals surface area contributed by atoms with Gasteiger partial charge in [-0.3, -0.25) is 0 Å². The lowest BCUT2D eigenvalue weighted by Gasteiger charge is -2.32. The second-order valence-electron chi connectivity index (χ2n) is 6.63. The van der Waals surface area contributed by atoms with E-state index in [1.54, 1.807) is 0 Å². The molecule has 3 rings (SSSR count). The van der Waals surface area contributed by atoms with Crippen molar-refractivity contribution in [1.29, 1.82) is 0 Å². The standard InChI is InChI=1S/C13H21BFN3O3/c1-12(2)13(3,4)21-14(20-12)10-11(15)17-18(16-10)9-5-7-19-8-6-9/h9H,5-8H2,1-4H3. The zero-order valence-electron chi connectivity index (χ0n) is 12.9. The van der Waals surface area contributed by atoms with Crippen LogP contribution >= 0.6 is 0 Å². The smallest absolute Gasteiger partial charge is 0.398 e. The molecule has 0 spiro atoms. The van der Waals surface area contributed by atoms with Crippen molar-refractivity contribution in [1.82, 2.24) is 15.0 Å². The first-order valence-corrected chi connectivity index (χ1v) is 7.36. The summed E-state index contributed by atoms with van der Waals surface area (Å²) in [5, 5.41) is 8.17. The highest BCUT2D eigenvalue weighted by molar-refractivity contribution is 6.61. The molecule has 116 valence electrons. The van der Waals surface area contributed by atoms with Gasteiger partial charge in [0.05, 0.1) is 17.2 Å². The Hall–Kier alpha value is -0.985. The van der Waals surface area contributed by atoms with Crippen molar-refractivity contribution in [3.8, 4) is 0 Å². The molecule has 0 unspecified atom stereocenters. The van der Waals surface area contributed by atoms with Crippen LogP contribution in [0.4, 0.5) is 4.39 Å². The van der Waals surface area contributed by atoms with E-state index in [9.17, 15) is 4.39 Å². The van der Waals surface area contributed by atoms with E-state index in [4.69, 9.17) is 14.0 Å². The second kappa shape index (κ2) is 5.03. The lowest BCUT2D eigenvalue weighted by molar-refractivity contribution is 0.00578. The largest absolute Gasteiger partial charge is 0.521 e. The van der Waals surface area contributed by atoms with Crippen LogP contribution in [-0.2, 0) is 14.0 Å². The average molecular weight is 297 g/mol. The molecule has 1 aromatic rings. The molecule has 0 aromatic carbocycles. The van der Waals surface area contributed by atoms with Crippen LogP contribution in [0.3, 0.4) is 0 Å². The van der Waals surface area contributed by atoms with Gasteiger partial charge in [0.25, 0.3) is 5.95 Å². The minimum absolute atomic E-state index is 0.0735. The van der Waals surface area contributed by atoms with Gasteiger partial charge in [0.2, 0.25) is 0 Å². The molecule has 3 heterocycles. The first-order valence-electron chi connectivity index (χ1n) is 7.36. The summed E-state index contributed by atoms with van der Waals surface area (Å²) in [4.78, 5) is 1.44. The Bertz CT molecular complexity index is 513. The van der Waals surface area contributed by atoms with Crippen LogP contribution in [0.15, 0.2) is 0 Å². The van der Waals surface area contributed by atoms with E-state index in [2.05, 4.69) is 10.2 Å². The van der Waals surface area contributed by atoms with Crippen molar-refractivity contribution >= 4 is 12.7 Å². The van der Waals surface area contributed by atoms with Crippen LogP contribution in [0, 0.1) is 5.95 Å². The molecular formula is C13H21BFN3O3. The first-order chi connectivity index (χ1) is 9.80. The summed E-state index contributed by atoms with van der Waals surface area (Å²) >= 11 is 0. The van der Waals surface area contributed by atoms with E-state index in [0.717, 1.165) is 12.8 Å². The van der Waals surface area contributed by atoms with Crippen LogP contribution < -0.4 is 5.59 Å². The topological polar surface area (TPSA) is 58.4 Å². The SMILES string of the molecule is CC1(C)OB(c2nn(C3CCOCC3)nc2F)OC1(C)C. The molecule has 0 amide bonds. The van der Waals surface area contributed by atoms with Gasteiger partial charge in [-0.1, -0.05) is 0 Å². The van der Waals surface area contributed by atoms with Crippen LogP contribution in [-0.4, -0.2) is 46.5 Å². The minimum Gasteiger partial charge on any atom is -0.398 e. The normalized spacial score (nSPS) is 25.5. The van der Waals surface area contributed by atoms with Gasteiger partial charge in [0.15, 0.2) is 5.59 Å². The molecule has 0 atom stereocenters. The predicted octanol–water partition coefficient (Wildman–Crippen LogP) is 1.07. The summed E-state index contributed by atoms with van der Waals surface area (Å²) in [7, 11) is -0.816. The molecule has 2 fully saturated rings. The Morgan fingerprint density at radius 2 is 1.67 bits per heavy atom. The number of nitrogens with zero attached hydrogens (tertiary/aromatic N) is 3. The molecule has 0 aliphatic carbocycles. The highest BCUT2D eigenvalue weighted by atomic mass is 19.1. The van der Waals surface area contributed by atoms with Gasteiger partial charge in [0.1, 0.15) is 0 Å². The Labute approximate surface area is 124 Å². The van der Waals surface area contributed by atoms with Crippen LogP contribution in [0.2, 0.25) is 0 Å². The molecule has 21 heavy (non-hydrogen) atoms. The fourth-order valence-corrected chi connectivity index (χ4v) is 2.49. The van der Waals surface area contributed by atoms with E-state index >= 15 is 0 Å². The van der Waals surface area contributed by atoms with Crippen molar-refractivity contribution in [2.45, 2.75) is 57.8 Å². The lowest BCUT2D eigenvalue weighted by Crippen LogP contribution is -2.41. The summed E-state index contributed by atoms with van der Waals surface area (Å²) in [6, 6.07) is 0.0735. The third-order valence-corrected chi connectivity index (χ3v) is 4.61. The minimum atomic E-state index is -0.816. The van der Waals surface area contributed by atoms with Crippen LogP contribution in [0.25, 0.3) is 0 Å². The molecule has 2 aliphatic heterocycles. The molecule has 2 aliphatic rings. The predicted molar refractivity (Wildman–Crippen MR) is 74.8 cm³/mol. The van der Waals surface area contributed by atoms with Crippen LogP contribution in [0.1, 0.15) is 46.6 Å². The van der Waals surface area contributed by atoms with E-state index in [0.29, 0.717) is 13.2 Å². The third kappa shape index (κ3) is 2.60. The molecule has 1 aromatic heterocycles. The van der Waals surface area contributed by atoms with E-state index in [-0.39, 0.29) is 11.6 Å². The summed E-state index contributed by atoms with van der Waals surface area (Å²) in [5.74, 6) is -0.625. The number of halogens is 1.